The molecule has 1 aliphatic carbocycles. The molecule has 0 unspecified atom stereocenters. The maximum absolute atomic E-state index is 11.6. The van der Waals surface area contributed by atoms with Crippen molar-refractivity contribution in [2.75, 3.05) is 0 Å². The first kappa shape index (κ1) is 11.5. The second-order valence-corrected chi connectivity index (χ2v) is 3.90. The van der Waals surface area contributed by atoms with E-state index in [1.54, 1.807) is 12.1 Å². The van der Waals surface area contributed by atoms with Gasteiger partial charge in [0.1, 0.15) is 23.4 Å². The van der Waals surface area contributed by atoms with Gasteiger partial charge in [-0.3, -0.25) is 4.79 Å². The second-order valence-electron chi connectivity index (χ2n) is 3.18. The lowest BCUT2D eigenvalue weighted by atomic mass is 10.1. The Kier molecular flexibility index (Phi) is 2.81. The van der Waals surface area contributed by atoms with Crippen molar-refractivity contribution in [2.24, 2.45) is 0 Å². The molecule has 0 fully saturated rings. The molecule has 0 bridgehead atoms. The number of carbonyl (C=O) groups is 1. The maximum atomic E-state index is 11.6. The molecule has 1 aromatic heterocycles. The first-order valence-corrected chi connectivity index (χ1v) is 5.14. The summed E-state index contributed by atoms with van der Waals surface area (Å²) in [6, 6.07) is 3.42. The summed E-state index contributed by atoms with van der Waals surface area (Å²) >= 11 is 11.3. The number of halogens is 2. The Morgan fingerprint density at radius 3 is 2.18 bits per heavy atom. The molecule has 1 aromatic rings. The SMILES string of the molecule is N#CC(C#N)=C1CC(=O)c2nc(Cl)c(Cl)nc21. The third-order valence-corrected chi connectivity index (χ3v) is 2.85. The molecule has 0 N–H and O–H groups in total. The van der Waals surface area contributed by atoms with Gasteiger partial charge in [-0.15, -0.1) is 0 Å². The van der Waals surface area contributed by atoms with Gasteiger partial charge in [0.05, 0.1) is 5.69 Å². The van der Waals surface area contributed by atoms with Crippen LogP contribution in [0, 0.1) is 22.7 Å². The Morgan fingerprint density at radius 2 is 1.65 bits per heavy atom. The smallest absolute Gasteiger partial charge is 0.187 e. The molecule has 1 heterocycles. The number of Topliss-reactive ketones (excluding diaryl/α,β-unsaturated/α-hetero) is 1. The van der Waals surface area contributed by atoms with Crippen LogP contribution in [0.3, 0.4) is 0 Å². The Bertz CT molecular complexity index is 635. The monoisotopic (exact) mass is 264 g/mol. The fourth-order valence-electron chi connectivity index (χ4n) is 1.49. The molecule has 0 aliphatic heterocycles. The topological polar surface area (TPSA) is 90.4 Å². The van der Waals surface area contributed by atoms with Gasteiger partial charge in [-0.25, -0.2) is 9.97 Å². The quantitative estimate of drug-likeness (QED) is 0.670. The number of ketones is 1. The second kappa shape index (κ2) is 4.14. The summed E-state index contributed by atoms with van der Waals surface area (Å²) in [4.78, 5) is 19.3. The van der Waals surface area contributed by atoms with E-state index < -0.39 is 0 Å². The van der Waals surface area contributed by atoms with E-state index in [1.807, 2.05) is 0 Å². The zero-order valence-corrected chi connectivity index (χ0v) is 9.67. The van der Waals surface area contributed by atoms with Crippen molar-refractivity contribution in [3.63, 3.8) is 0 Å². The van der Waals surface area contributed by atoms with Crippen molar-refractivity contribution in [1.82, 2.24) is 9.97 Å². The minimum Gasteiger partial charge on any atom is -0.292 e. The lowest BCUT2D eigenvalue weighted by molar-refractivity contribution is 0.0999. The van der Waals surface area contributed by atoms with E-state index in [0.29, 0.717) is 0 Å². The van der Waals surface area contributed by atoms with Crippen molar-refractivity contribution >= 4 is 34.6 Å². The van der Waals surface area contributed by atoms with Crippen molar-refractivity contribution in [3.05, 3.63) is 27.3 Å². The zero-order valence-electron chi connectivity index (χ0n) is 8.16. The minimum atomic E-state index is -0.330. The van der Waals surface area contributed by atoms with Gasteiger partial charge in [-0.1, -0.05) is 23.2 Å². The third kappa shape index (κ3) is 1.76. The maximum Gasteiger partial charge on any atom is 0.187 e. The first-order chi connectivity index (χ1) is 8.08. The fraction of sp³-hybridized carbons (Fsp3) is 0.100. The standard InChI is InChI=1S/C10H2Cl2N4O/c11-9-10(12)16-8-6(17)1-5(7(8)15-9)4(2-13)3-14/h1H2. The Balaban J connectivity index is 2.77. The molecule has 17 heavy (non-hydrogen) atoms. The van der Waals surface area contributed by atoms with Crippen molar-refractivity contribution in [1.29, 1.82) is 10.5 Å². The Morgan fingerprint density at radius 1 is 1.12 bits per heavy atom. The number of nitriles is 2. The molecule has 5 nitrogen and oxygen atoms in total. The lowest BCUT2D eigenvalue weighted by Crippen LogP contribution is -1.98. The molecular formula is C10H2Cl2N4O. The molecule has 0 spiro atoms. The molecule has 82 valence electrons. The summed E-state index contributed by atoms with van der Waals surface area (Å²) in [5.41, 5.74) is 0.311. The highest BCUT2D eigenvalue weighted by molar-refractivity contribution is 6.40. The minimum absolute atomic E-state index is 0.0531. The number of aromatic nitrogens is 2. The van der Waals surface area contributed by atoms with E-state index in [2.05, 4.69) is 9.97 Å². The predicted octanol–water partition coefficient (Wildman–Crippen LogP) is 2.17. The first-order valence-electron chi connectivity index (χ1n) is 4.38. The molecule has 7 heteroatoms. The summed E-state index contributed by atoms with van der Waals surface area (Å²) in [7, 11) is 0. The number of carbonyl (C=O) groups excluding carboxylic acids is 1. The number of rotatable bonds is 0. The van der Waals surface area contributed by atoms with Crippen LogP contribution < -0.4 is 0 Å². The fourth-order valence-corrected chi connectivity index (χ4v) is 1.75. The van der Waals surface area contributed by atoms with Crippen LogP contribution in [0.4, 0.5) is 0 Å². The van der Waals surface area contributed by atoms with Crippen LogP contribution in [0.5, 0.6) is 0 Å². The van der Waals surface area contributed by atoms with Gasteiger partial charge in [0.2, 0.25) is 0 Å². The highest BCUT2D eigenvalue weighted by Gasteiger charge is 2.31. The summed E-state index contributed by atoms with van der Waals surface area (Å²) in [6.07, 6.45) is -0.0809. The number of hydrogen-bond donors (Lipinski definition) is 0. The van der Waals surface area contributed by atoms with E-state index in [0.717, 1.165) is 0 Å². The summed E-state index contributed by atoms with van der Waals surface area (Å²) in [5, 5.41) is 17.4. The highest BCUT2D eigenvalue weighted by atomic mass is 35.5. The summed E-state index contributed by atoms with van der Waals surface area (Å²) < 4.78 is 0. The van der Waals surface area contributed by atoms with Crippen LogP contribution in [-0.2, 0) is 0 Å². The van der Waals surface area contributed by atoms with E-state index in [-0.39, 0.29) is 45.0 Å². The van der Waals surface area contributed by atoms with Crippen molar-refractivity contribution in [2.45, 2.75) is 6.42 Å². The highest BCUT2D eigenvalue weighted by Crippen LogP contribution is 2.34. The van der Waals surface area contributed by atoms with Gasteiger partial charge < -0.3 is 0 Å². The Labute approximate surface area is 106 Å². The third-order valence-electron chi connectivity index (χ3n) is 2.23. The molecular weight excluding hydrogens is 263 g/mol. The average molecular weight is 265 g/mol. The van der Waals surface area contributed by atoms with Crippen LogP contribution in [0.15, 0.2) is 5.57 Å². The Hall–Kier alpha value is -1.95. The molecule has 0 saturated heterocycles. The number of fused-ring (bicyclic) bond motifs is 1. The van der Waals surface area contributed by atoms with Gasteiger partial charge in [-0.2, -0.15) is 10.5 Å². The largest absolute Gasteiger partial charge is 0.292 e. The van der Waals surface area contributed by atoms with Gasteiger partial charge in [-0.05, 0) is 0 Å². The molecule has 0 aromatic carbocycles. The van der Waals surface area contributed by atoms with Gasteiger partial charge in [0, 0.05) is 12.0 Å². The number of hydrogen-bond acceptors (Lipinski definition) is 5. The number of allylic oxidation sites excluding steroid dienone is 2. The lowest BCUT2D eigenvalue weighted by Gasteiger charge is -2.00. The van der Waals surface area contributed by atoms with Crippen LogP contribution in [0.1, 0.15) is 22.6 Å². The zero-order chi connectivity index (χ0) is 12.6. The molecule has 0 amide bonds. The van der Waals surface area contributed by atoms with E-state index in [1.165, 1.54) is 0 Å². The summed E-state index contributed by atoms with van der Waals surface area (Å²) in [5.74, 6) is -0.330. The van der Waals surface area contributed by atoms with Crippen molar-refractivity contribution < 1.29 is 4.79 Å². The predicted molar refractivity (Wildman–Crippen MR) is 59.1 cm³/mol. The van der Waals surface area contributed by atoms with E-state index in [9.17, 15) is 4.79 Å². The van der Waals surface area contributed by atoms with Crippen LogP contribution in [-0.4, -0.2) is 15.8 Å². The van der Waals surface area contributed by atoms with Gasteiger partial charge >= 0.3 is 0 Å². The molecule has 0 saturated carbocycles. The average Bonchev–Trinajstić information content (AvgIpc) is 2.60. The van der Waals surface area contributed by atoms with Gasteiger partial charge in [0.25, 0.3) is 0 Å². The summed E-state index contributed by atoms with van der Waals surface area (Å²) in [6.45, 7) is 0. The van der Waals surface area contributed by atoms with Crippen molar-refractivity contribution in [3.8, 4) is 12.1 Å². The van der Waals surface area contributed by atoms with E-state index >= 15 is 0 Å². The normalized spacial score (nSPS) is 12.9. The molecule has 0 atom stereocenters. The number of nitrogens with zero attached hydrogens (tertiary/aromatic N) is 4. The van der Waals surface area contributed by atoms with Crippen LogP contribution in [0.2, 0.25) is 10.3 Å². The van der Waals surface area contributed by atoms with E-state index in [4.69, 9.17) is 33.7 Å². The van der Waals surface area contributed by atoms with Crippen LogP contribution >= 0.6 is 23.2 Å². The molecule has 1 aliphatic rings. The molecule has 0 radical (unpaired) electrons. The van der Waals surface area contributed by atoms with Gasteiger partial charge in [0.15, 0.2) is 16.1 Å². The molecule has 2 rings (SSSR count). The van der Waals surface area contributed by atoms with Crippen LogP contribution in [0.25, 0.3) is 5.57 Å².